The van der Waals surface area contributed by atoms with E-state index in [9.17, 15) is 4.21 Å². The lowest BCUT2D eigenvalue weighted by atomic mass is 10.2. The third kappa shape index (κ3) is 3.45. The molecule has 1 rings (SSSR count). The van der Waals surface area contributed by atoms with Crippen LogP contribution in [-0.2, 0) is 10.8 Å². The summed E-state index contributed by atoms with van der Waals surface area (Å²) in [5.41, 5.74) is 0.799. The van der Waals surface area contributed by atoms with E-state index in [2.05, 4.69) is 0 Å². The zero-order chi connectivity index (χ0) is 11.4. The maximum Gasteiger partial charge on any atom is 0.0584 e. The Kier molecular flexibility index (Phi) is 5.06. The molecule has 15 heavy (non-hydrogen) atoms. The molecule has 0 spiro atoms. The molecule has 0 heterocycles. The van der Waals surface area contributed by atoms with E-state index in [1.807, 2.05) is 6.92 Å². The summed E-state index contributed by atoms with van der Waals surface area (Å²) in [5, 5.41) is 9.58. The molecule has 0 aliphatic carbocycles. The SMILES string of the molecule is CC(c1ccc(Cl)cc1Cl)S(=O)CCO. The van der Waals surface area contributed by atoms with Gasteiger partial charge >= 0.3 is 0 Å². The number of aliphatic hydroxyl groups excluding tert-OH is 1. The van der Waals surface area contributed by atoms with Crippen LogP contribution in [0.3, 0.4) is 0 Å². The normalized spacial score (nSPS) is 14.9. The molecule has 84 valence electrons. The molecule has 0 aromatic heterocycles. The van der Waals surface area contributed by atoms with E-state index in [0.29, 0.717) is 10.0 Å². The van der Waals surface area contributed by atoms with Gasteiger partial charge in [0, 0.05) is 26.6 Å². The number of halogens is 2. The highest BCUT2D eigenvalue weighted by atomic mass is 35.5. The highest BCUT2D eigenvalue weighted by Crippen LogP contribution is 2.29. The van der Waals surface area contributed by atoms with Crippen LogP contribution in [0.15, 0.2) is 18.2 Å². The molecule has 5 heteroatoms. The molecule has 0 amide bonds. The van der Waals surface area contributed by atoms with Crippen LogP contribution < -0.4 is 0 Å². The monoisotopic (exact) mass is 266 g/mol. The molecule has 0 saturated carbocycles. The highest BCUT2D eigenvalue weighted by Gasteiger charge is 2.15. The van der Waals surface area contributed by atoms with Gasteiger partial charge in [-0.2, -0.15) is 0 Å². The third-order valence-corrected chi connectivity index (χ3v) is 4.28. The molecule has 2 unspecified atom stereocenters. The molecule has 0 bridgehead atoms. The minimum Gasteiger partial charge on any atom is -0.395 e. The van der Waals surface area contributed by atoms with Crippen LogP contribution in [0.2, 0.25) is 10.0 Å². The van der Waals surface area contributed by atoms with Gasteiger partial charge in [0.15, 0.2) is 0 Å². The molecule has 2 atom stereocenters. The van der Waals surface area contributed by atoms with Crippen molar-refractivity contribution in [2.24, 2.45) is 0 Å². The smallest absolute Gasteiger partial charge is 0.0584 e. The first-order valence-electron chi connectivity index (χ1n) is 4.49. The summed E-state index contributed by atoms with van der Waals surface area (Å²) in [6.07, 6.45) is 0. The molecular weight excluding hydrogens is 255 g/mol. The molecule has 0 aliphatic rings. The Labute approximate surface area is 102 Å². The molecule has 0 aliphatic heterocycles. The highest BCUT2D eigenvalue weighted by molar-refractivity contribution is 7.85. The Bertz CT molecular complexity index is 368. The van der Waals surface area contributed by atoms with E-state index in [-0.39, 0.29) is 17.6 Å². The number of hydrogen-bond donors (Lipinski definition) is 1. The van der Waals surface area contributed by atoms with Crippen molar-refractivity contribution < 1.29 is 9.32 Å². The van der Waals surface area contributed by atoms with Crippen LogP contribution in [-0.4, -0.2) is 21.7 Å². The second-order valence-electron chi connectivity index (χ2n) is 3.12. The summed E-state index contributed by atoms with van der Waals surface area (Å²) in [5.74, 6) is 0.264. The van der Waals surface area contributed by atoms with Gasteiger partial charge in [0.25, 0.3) is 0 Å². The number of benzene rings is 1. The molecule has 1 N–H and O–H groups in total. The minimum absolute atomic E-state index is 0.0812. The maximum atomic E-state index is 11.6. The van der Waals surface area contributed by atoms with E-state index in [1.165, 1.54) is 0 Å². The quantitative estimate of drug-likeness (QED) is 0.910. The Morgan fingerprint density at radius 1 is 1.47 bits per heavy atom. The van der Waals surface area contributed by atoms with Crippen molar-refractivity contribution in [3.63, 3.8) is 0 Å². The minimum atomic E-state index is -1.11. The Balaban J connectivity index is 2.91. The second-order valence-corrected chi connectivity index (χ2v) is 5.84. The van der Waals surface area contributed by atoms with Gasteiger partial charge in [0.05, 0.1) is 11.9 Å². The van der Waals surface area contributed by atoms with Crippen molar-refractivity contribution in [1.82, 2.24) is 0 Å². The van der Waals surface area contributed by atoms with Crippen LogP contribution in [0.1, 0.15) is 17.7 Å². The maximum absolute atomic E-state index is 11.6. The number of rotatable bonds is 4. The zero-order valence-corrected chi connectivity index (χ0v) is 10.6. The van der Waals surface area contributed by atoms with Gasteiger partial charge in [-0.3, -0.25) is 4.21 Å². The average Bonchev–Trinajstić information content (AvgIpc) is 2.17. The van der Waals surface area contributed by atoms with E-state index in [4.69, 9.17) is 28.3 Å². The Morgan fingerprint density at radius 3 is 2.67 bits per heavy atom. The number of hydrogen-bond acceptors (Lipinski definition) is 2. The van der Waals surface area contributed by atoms with E-state index >= 15 is 0 Å². The first-order chi connectivity index (χ1) is 7.06. The zero-order valence-electron chi connectivity index (χ0n) is 8.24. The summed E-state index contributed by atoms with van der Waals surface area (Å²) in [6.45, 7) is 1.74. The van der Waals surface area contributed by atoms with Crippen LogP contribution in [0.4, 0.5) is 0 Å². The van der Waals surface area contributed by atoms with Gasteiger partial charge < -0.3 is 5.11 Å². The third-order valence-electron chi connectivity index (χ3n) is 2.09. The lowest BCUT2D eigenvalue weighted by molar-refractivity contribution is 0.321. The predicted octanol–water partition coefficient (Wildman–Crippen LogP) is 2.80. The first-order valence-corrected chi connectivity index (χ1v) is 6.63. The van der Waals surface area contributed by atoms with Crippen LogP contribution in [0, 0.1) is 0 Å². The van der Waals surface area contributed by atoms with Crippen molar-refractivity contribution >= 4 is 34.0 Å². The van der Waals surface area contributed by atoms with Crippen molar-refractivity contribution in [3.8, 4) is 0 Å². The van der Waals surface area contributed by atoms with Crippen LogP contribution in [0.25, 0.3) is 0 Å². The molecule has 1 aromatic carbocycles. The largest absolute Gasteiger partial charge is 0.395 e. The van der Waals surface area contributed by atoms with Gasteiger partial charge in [-0.15, -0.1) is 0 Å². The standard InChI is InChI=1S/C10H12Cl2O2S/c1-7(15(14)5-4-13)9-3-2-8(11)6-10(9)12/h2-3,6-7,13H,4-5H2,1H3. The molecule has 0 saturated heterocycles. The molecule has 2 nitrogen and oxygen atoms in total. The van der Waals surface area contributed by atoms with Crippen molar-refractivity contribution in [3.05, 3.63) is 33.8 Å². The van der Waals surface area contributed by atoms with Crippen molar-refractivity contribution in [1.29, 1.82) is 0 Å². The summed E-state index contributed by atoms with van der Waals surface area (Å²) >= 11 is 11.7. The molecule has 0 fully saturated rings. The fraction of sp³-hybridized carbons (Fsp3) is 0.400. The van der Waals surface area contributed by atoms with E-state index in [0.717, 1.165) is 5.56 Å². The molecule has 1 aromatic rings. The lowest BCUT2D eigenvalue weighted by Crippen LogP contribution is -2.09. The number of aliphatic hydroxyl groups is 1. The van der Waals surface area contributed by atoms with Gasteiger partial charge in [0.2, 0.25) is 0 Å². The average molecular weight is 267 g/mol. The van der Waals surface area contributed by atoms with Gasteiger partial charge in [-0.05, 0) is 24.6 Å². The fourth-order valence-corrected chi connectivity index (χ4v) is 2.90. The Morgan fingerprint density at radius 2 is 2.13 bits per heavy atom. The summed E-state index contributed by atoms with van der Waals surface area (Å²) in [4.78, 5) is 0. The van der Waals surface area contributed by atoms with Crippen molar-refractivity contribution in [2.75, 3.05) is 12.4 Å². The summed E-state index contributed by atoms with van der Waals surface area (Å²) in [6, 6.07) is 5.12. The van der Waals surface area contributed by atoms with Gasteiger partial charge in [-0.1, -0.05) is 29.3 Å². The van der Waals surface area contributed by atoms with Crippen molar-refractivity contribution in [2.45, 2.75) is 12.2 Å². The summed E-state index contributed by atoms with van der Waals surface area (Å²) in [7, 11) is -1.11. The van der Waals surface area contributed by atoms with Crippen LogP contribution in [0.5, 0.6) is 0 Å². The molecule has 0 radical (unpaired) electrons. The summed E-state index contributed by atoms with van der Waals surface area (Å²) < 4.78 is 11.6. The Hall–Kier alpha value is -0.0900. The van der Waals surface area contributed by atoms with E-state index < -0.39 is 10.8 Å². The van der Waals surface area contributed by atoms with Gasteiger partial charge in [0.1, 0.15) is 0 Å². The topological polar surface area (TPSA) is 37.3 Å². The predicted molar refractivity (Wildman–Crippen MR) is 65.0 cm³/mol. The first kappa shape index (κ1) is 13.0. The fourth-order valence-electron chi connectivity index (χ4n) is 1.24. The second kappa shape index (κ2) is 5.85. The van der Waals surface area contributed by atoms with Gasteiger partial charge in [-0.25, -0.2) is 0 Å². The molecular formula is C10H12Cl2O2S. The van der Waals surface area contributed by atoms with Crippen LogP contribution >= 0.6 is 23.2 Å². The van der Waals surface area contributed by atoms with E-state index in [1.54, 1.807) is 18.2 Å². The lowest BCUT2D eigenvalue weighted by Gasteiger charge is -2.12.